The molecule has 1 aliphatic heterocycles. The molecule has 0 unspecified atom stereocenters. The molecule has 1 heterocycles. The van der Waals surface area contributed by atoms with Crippen molar-refractivity contribution in [3.63, 3.8) is 0 Å². The number of aryl methyl sites for hydroxylation is 4. The Morgan fingerprint density at radius 2 is 0.950 bits per heavy atom. The van der Waals surface area contributed by atoms with Gasteiger partial charge in [-0.2, -0.15) is 13.8 Å². The van der Waals surface area contributed by atoms with Gasteiger partial charge in [-0.25, -0.2) is 4.70 Å². The molecule has 0 fully saturated rings. The summed E-state index contributed by atoms with van der Waals surface area (Å²) < 4.78 is 1.53. The van der Waals surface area contributed by atoms with E-state index >= 15 is 0 Å². The molecule has 0 radical (unpaired) electrons. The largest absolute Gasteiger partial charge is 2.00 e. The van der Waals surface area contributed by atoms with E-state index in [1.54, 1.807) is 13.8 Å². The van der Waals surface area contributed by atoms with Crippen molar-refractivity contribution < 1.29 is 21.2 Å². The molecule has 0 aromatic heterocycles. The minimum atomic E-state index is 0. The van der Waals surface area contributed by atoms with E-state index in [2.05, 4.69) is 93.5 Å². The van der Waals surface area contributed by atoms with Gasteiger partial charge in [-0.3, -0.25) is 0 Å². The molecule has 40 heavy (non-hydrogen) atoms. The number of nitrogens with zero attached hydrogens (tertiary/aromatic N) is 2. The smallest absolute Gasteiger partial charge is 0.493 e. The molecule has 2 aromatic rings. The molecule has 3 heteroatoms. The Bertz CT molecular complexity index is 1120. The van der Waals surface area contributed by atoms with E-state index in [1.807, 2.05) is 0 Å². The minimum absolute atomic E-state index is 0. The fraction of sp³-hybridized carbons (Fsp3) is 0.514. The molecule has 0 saturated carbocycles. The fourth-order valence-electron chi connectivity index (χ4n) is 6.05. The summed E-state index contributed by atoms with van der Waals surface area (Å²) in [6, 6.07) is 9.34. The summed E-state index contributed by atoms with van der Waals surface area (Å²) in [4.78, 5) is 0. The molecule has 0 atom stereocenters. The maximum atomic E-state index is 11.8. The Labute approximate surface area is 258 Å². The van der Waals surface area contributed by atoms with Gasteiger partial charge in [-0.15, -0.1) is 0 Å². The quantitative estimate of drug-likeness (QED) is 0.142. The summed E-state index contributed by atoms with van der Waals surface area (Å²) in [5.74, 6) is 0. The molecule has 3 rings (SSSR count). The maximum absolute atomic E-state index is 11.8. The van der Waals surface area contributed by atoms with Crippen LogP contribution < -0.4 is 0 Å². The number of rotatable bonds is 11. The van der Waals surface area contributed by atoms with Crippen LogP contribution in [0.5, 0.6) is 0 Å². The van der Waals surface area contributed by atoms with Crippen LogP contribution in [-0.4, -0.2) is 4.70 Å². The van der Waals surface area contributed by atoms with Crippen molar-refractivity contribution in [3.05, 3.63) is 99.3 Å². The molecule has 2 nitrogen and oxygen atoms in total. The van der Waals surface area contributed by atoms with E-state index in [0.29, 0.717) is 0 Å². The number of benzene rings is 2. The third-order valence-electron chi connectivity index (χ3n) is 7.94. The summed E-state index contributed by atoms with van der Waals surface area (Å²) in [6.07, 6.45) is 9.45. The third kappa shape index (κ3) is 8.06. The Morgan fingerprint density at radius 3 is 1.25 bits per heavy atom. The molecule has 0 amide bonds. The summed E-state index contributed by atoms with van der Waals surface area (Å²) in [7, 11) is 0. The number of allylic oxidation sites excluding steroid dienone is 2. The van der Waals surface area contributed by atoms with Gasteiger partial charge in [-0.05, 0) is 116 Å². The van der Waals surface area contributed by atoms with Crippen molar-refractivity contribution in [1.29, 1.82) is 0 Å². The van der Waals surface area contributed by atoms with Gasteiger partial charge < -0.3 is 19.4 Å². The summed E-state index contributed by atoms with van der Waals surface area (Å²) in [5.41, 5.74) is 27.2. The first-order valence-corrected chi connectivity index (χ1v) is 15.5. The normalized spacial score (nSPS) is 12.6. The monoisotopic (exact) mass is 586 g/mol. The maximum Gasteiger partial charge on any atom is 2.00 e. The number of unbranched alkanes of at least 4 members (excludes halogenated alkanes) is 1. The van der Waals surface area contributed by atoms with Gasteiger partial charge >= 0.3 is 16.5 Å². The second kappa shape index (κ2) is 19.2. The predicted octanol–water partition coefficient (Wildman–Crippen LogP) is 11.1. The van der Waals surface area contributed by atoms with E-state index in [0.717, 1.165) is 80.3 Å². The van der Waals surface area contributed by atoms with Crippen molar-refractivity contribution >= 4 is 11.4 Å². The number of hydrogen-bond acceptors (Lipinski definition) is 0. The Kier molecular flexibility index (Phi) is 18.2. The van der Waals surface area contributed by atoms with Crippen LogP contribution in [0.2, 0.25) is 0 Å². The SMILES string of the molecule is CCCCC1=C(c2cc(CC)c(CC)c(CC)c2)[N+](=[N-])C(c2cc(CC)c(CC)c(CC)c2)=C1C.[CH2-]C.[CH2-]C.[Ni+2]. The van der Waals surface area contributed by atoms with Gasteiger partial charge in [0.25, 0.3) is 0 Å². The van der Waals surface area contributed by atoms with Crippen molar-refractivity contribution in [3.8, 4) is 0 Å². The van der Waals surface area contributed by atoms with Crippen molar-refractivity contribution in [1.82, 2.24) is 0 Å². The Morgan fingerprint density at radius 1 is 0.600 bits per heavy atom. The van der Waals surface area contributed by atoms with Crippen LogP contribution >= 0.6 is 0 Å². The zero-order valence-corrected chi connectivity index (χ0v) is 28.3. The van der Waals surface area contributed by atoms with Crippen LogP contribution in [0.25, 0.3) is 16.9 Å². The van der Waals surface area contributed by atoms with Crippen LogP contribution in [0.15, 0.2) is 35.4 Å². The van der Waals surface area contributed by atoms with Crippen molar-refractivity contribution in [2.75, 3.05) is 0 Å². The van der Waals surface area contributed by atoms with E-state index in [9.17, 15) is 5.53 Å². The van der Waals surface area contributed by atoms with Crippen LogP contribution in [0.4, 0.5) is 0 Å². The first-order chi connectivity index (χ1) is 18.9. The first kappa shape index (κ1) is 38.0. The molecule has 0 bridgehead atoms. The zero-order valence-electron chi connectivity index (χ0n) is 27.3. The van der Waals surface area contributed by atoms with Crippen LogP contribution in [0, 0.1) is 13.8 Å². The Balaban J connectivity index is 0.00000291. The molecule has 0 aliphatic carbocycles. The van der Waals surface area contributed by atoms with Crippen molar-refractivity contribution in [2.24, 2.45) is 0 Å². The average Bonchev–Trinajstić information content (AvgIpc) is 3.24. The van der Waals surface area contributed by atoms with Gasteiger partial charge in [0.2, 0.25) is 11.4 Å². The third-order valence-corrected chi connectivity index (χ3v) is 7.94. The van der Waals surface area contributed by atoms with Gasteiger partial charge in [0, 0.05) is 22.3 Å². The van der Waals surface area contributed by atoms with Crippen LogP contribution in [-0.2, 0) is 55.0 Å². The first-order valence-electron chi connectivity index (χ1n) is 15.5. The second-order valence-corrected chi connectivity index (χ2v) is 9.88. The Hall–Kier alpha value is -1.99. The van der Waals surface area contributed by atoms with E-state index < -0.39 is 0 Å². The molecule has 2 aromatic carbocycles. The van der Waals surface area contributed by atoms with Gasteiger partial charge in [0.1, 0.15) is 0 Å². The average molecular weight is 588 g/mol. The minimum Gasteiger partial charge on any atom is -0.493 e. The van der Waals surface area contributed by atoms with E-state index in [4.69, 9.17) is 0 Å². The van der Waals surface area contributed by atoms with Crippen LogP contribution in [0.3, 0.4) is 0 Å². The van der Waals surface area contributed by atoms with E-state index in [1.165, 1.54) is 49.2 Å². The number of hydrogen-bond donors (Lipinski definition) is 0. The topological polar surface area (TPSA) is 25.3 Å². The van der Waals surface area contributed by atoms with Gasteiger partial charge in [-0.1, -0.05) is 54.9 Å². The summed E-state index contributed by atoms with van der Waals surface area (Å²) in [6.45, 7) is 28.0. The second-order valence-electron chi connectivity index (χ2n) is 9.88. The molecule has 0 N–H and O–H groups in total. The molecule has 224 valence electrons. The summed E-state index contributed by atoms with van der Waals surface area (Å²) >= 11 is 0. The standard InChI is InChI=1S/C33H46N2.2C2H5.Ni/c1-9-16-17-31-22(8)32(27-18-23(10-2)29(14-6)24(11-3)19-27)35(34)33(31)28-20-25(12-4)30(15-7)26(13-5)21-28;2*1-2;/h18-21H,9-17H2,1-8H3;2*1H2,2H3;/q;2*-1;+2. The van der Waals surface area contributed by atoms with Crippen molar-refractivity contribution in [2.45, 2.75) is 127 Å². The molecular formula is C37H56N2Ni. The molecule has 0 saturated heterocycles. The van der Waals surface area contributed by atoms with Gasteiger partial charge in [0.15, 0.2) is 0 Å². The fourth-order valence-corrected chi connectivity index (χ4v) is 6.05. The molecule has 0 spiro atoms. The molecule has 1 aliphatic rings. The van der Waals surface area contributed by atoms with Crippen LogP contribution in [0.1, 0.15) is 133 Å². The zero-order chi connectivity index (χ0) is 29.7. The molecular weight excluding hydrogens is 531 g/mol. The van der Waals surface area contributed by atoms with E-state index in [-0.39, 0.29) is 16.5 Å². The predicted molar refractivity (Wildman–Crippen MR) is 174 cm³/mol. The summed E-state index contributed by atoms with van der Waals surface area (Å²) in [5, 5.41) is 0. The van der Waals surface area contributed by atoms with Gasteiger partial charge in [0.05, 0.1) is 0 Å².